The highest BCUT2D eigenvalue weighted by molar-refractivity contribution is 7.15. The predicted octanol–water partition coefficient (Wildman–Crippen LogP) is 5.11. The first kappa shape index (κ1) is 19.7. The summed E-state index contributed by atoms with van der Waals surface area (Å²) in [5.74, 6) is 0.629. The number of carbonyl (C=O) groups is 1. The molecule has 1 N–H and O–H groups in total. The number of rotatable bonds is 6. The average molecular weight is 417 g/mol. The maximum Gasteiger partial charge on any atom is 0.330 e. The van der Waals surface area contributed by atoms with Crippen molar-refractivity contribution in [2.24, 2.45) is 0 Å². The molecule has 0 saturated carbocycles. The molecular formula is C24H20N2O3S. The fourth-order valence-electron chi connectivity index (χ4n) is 3.16. The van der Waals surface area contributed by atoms with Crippen LogP contribution in [0.4, 0.5) is 0 Å². The number of aromatic amines is 1. The van der Waals surface area contributed by atoms with Gasteiger partial charge in [-0.15, -0.1) is 11.3 Å². The minimum atomic E-state index is -0.241. The third kappa shape index (κ3) is 4.04. The summed E-state index contributed by atoms with van der Waals surface area (Å²) in [6.45, 7) is 2.03. The monoisotopic (exact) mass is 416 g/mol. The van der Waals surface area contributed by atoms with Gasteiger partial charge < -0.3 is 9.72 Å². The van der Waals surface area contributed by atoms with Crippen molar-refractivity contribution in [2.75, 3.05) is 7.11 Å². The van der Waals surface area contributed by atoms with Crippen molar-refractivity contribution in [3.63, 3.8) is 0 Å². The van der Waals surface area contributed by atoms with Gasteiger partial charge in [0.2, 0.25) is 0 Å². The van der Waals surface area contributed by atoms with Gasteiger partial charge in [-0.05, 0) is 55.0 Å². The molecule has 30 heavy (non-hydrogen) atoms. The molecule has 2 aromatic heterocycles. The molecule has 0 bridgehead atoms. The fourth-order valence-corrected chi connectivity index (χ4v) is 4.03. The number of allylic oxidation sites excluding steroid dienone is 1. The zero-order valence-corrected chi connectivity index (χ0v) is 17.4. The van der Waals surface area contributed by atoms with Gasteiger partial charge in [0, 0.05) is 16.6 Å². The quantitative estimate of drug-likeness (QED) is 0.351. The van der Waals surface area contributed by atoms with Gasteiger partial charge >= 0.3 is 5.69 Å². The van der Waals surface area contributed by atoms with E-state index in [2.05, 4.69) is 4.98 Å². The molecule has 0 saturated heterocycles. The van der Waals surface area contributed by atoms with E-state index in [-0.39, 0.29) is 11.5 Å². The first-order valence-corrected chi connectivity index (χ1v) is 10.2. The summed E-state index contributed by atoms with van der Waals surface area (Å²) in [4.78, 5) is 30.1. The van der Waals surface area contributed by atoms with E-state index in [1.54, 1.807) is 53.5 Å². The maximum atomic E-state index is 12.7. The van der Waals surface area contributed by atoms with Crippen molar-refractivity contribution in [3.8, 4) is 22.0 Å². The number of ketones is 1. The molecule has 0 atom stereocenters. The Morgan fingerprint density at radius 1 is 1.10 bits per heavy atom. The average Bonchev–Trinajstić information content (AvgIpc) is 3.37. The van der Waals surface area contributed by atoms with Crippen LogP contribution in [0.1, 0.15) is 20.8 Å². The number of ether oxygens (including phenoxy) is 1. The standard InChI is InChI=1S/C24H20N2O3S/c1-16-6-13-23(30-16)21-15-25-24(28)26(21)19-5-3-4-18(14-19)22(27)12-9-17-7-10-20(29-2)11-8-17/h3-15H,1-2H3,(H,25,28). The molecule has 0 aliphatic rings. The molecule has 0 fully saturated rings. The molecule has 0 amide bonds. The molecule has 0 aliphatic heterocycles. The topological polar surface area (TPSA) is 64.1 Å². The second-order valence-corrected chi connectivity index (χ2v) is 8.03. The summed E-state index contributed by atoms with van der Waals surface area (Å²) < 4.78 is 6.74. The second-order valence-electron chi connectivity index (χ2n) is 6.75. The van der Waals surface area contributed by atoms with Crippen molar-refractivity contribution >= 4 is 23.2 Å². The highest BCUT2D eigenvalue weighted by atomic mass is 32.1. The maximum absolute atomic E-state index is 12.7. The summed E-state index contributed by atoms with van der Waals surface area (Å²) in [5.41, 5.74) is 2.59. The largest absolute Gasteiger partial charge is 0.497 e. The van der Waals surface area contributed by atoms with Gasteiger partial charge in [-0.2, -0.15) is 0 Å². The molecule has 0 unspecified atom stereocenters. The van der Waals surface area contributed by atoms with Crippen molar-refractivity contribution in [2.45, 2.75) is 6.92 Å². The van der Waals surface area contributed by atoms with E-state index < -0.39 is 0 Å². The van der Waals surface area contributed by atoms with E-state index >= 15 is 0 Å². The second kappa shape index (κ2) is 8.39. The lowest BCUT2D eigenvalue weighted by molar-refractivity contribution is 0.104. The molecule has 2 heterocycles. The predicted molar refractivity (Wildman–Crippen MR) is 121 cm³/mol. The molecule has 0 spiro atoms. The van der Waals surface area contributed by atoms with Crippen LogP contribution in [0.2, 0.25) is 0 Å². The number of thiophene rings is 1. The number of H-pyrrole nitrogens is 1. The van der Waals surface area contributed by atoms with E-state index in [4.69, 9.17) is 4.74 Å². The smallest absolute Gasteiger partial charge is 0.330 e. The van der Waals surface area contributed by atoms with E-state index in [0.29, 0.717) is 11.3 Å². The molecule has 5 nitrogen and oxygen atoms in total. The molecule has 0 radical (unpaired) electrons. The number of aromatic nitrogens is 2. The lowest BCUT2D eigenvalue weighted by atomic mass is 10.1. The minimum Gasteiger partial charge on any atom is -0.497 e. The van der Waals surface area contributed by atoms with Gasteiger partial charge in [0.15, 0.2) is 5.78 Å². The van der Waals surface area contributed by atoms with Crippen molar-refractivity contribution in [1.29, 1.82) is 0 Å². The molecular weight excluding hydrogens is 396 g/mol. The van der Waals surface area contributed by atoms with Crippen LogP contribution in [0, 0.1) is 6.92 Å². The number of aryl methyl sites for hydroxylation is 1. The van der Waals surface area contributed by atoms with E-state index in [9.17, 15) is 9.59 Å². The zero-order chi connectivity index (χ0) is 21.1. The van der Waals surface area contributed by atoms with Crippen molar-refractivity contribution in [1.82, 2.24) is 9.55 Å². The number of hydrogen-bond donors (Lipinski definition) is 1. The molecule has 6 heteroatoms. The van der Waals surface area contributed by atoms with E-state index in [1.807, 2.05) is 49.4 Å². The summed E-state index contributed by atoms with van der Waals surface area (Å²) in [5, 5.41) is 0. The molecule has 150 valence electrons. The zero-order valence-electron chi connectivity index (χ0n) is 16.6. The number of nitrogens with one attached hydrogen (secondary N) is 1. The summed E-state index contributed by atoms with van der Waals surface area (Å²) in [7, 11) is 1.61. The van der Waals surface area contributed by atoms with Gasteiger partial charge in [-0.1, -0.05) is 30.3 Å². The Bertz CT molecular complexity index is 1280. The van der Waals surface area contributed by atoms with Crippen molar-refractivity contribution < 1.29 is 9.53 Å². The van der Waals surface area contributed by atoms with Crippen LogP contribution in [0.3, 0.4) is 0 Å². The summed E-state index contributed by atoms with van der Waals surface area (Å²) in [6, 6.07) is 18.6. The van der Waals surface area contributed by atoms with Gasteiger partial charge in [-0.25, -0.2) is 4.79 Å². The Morgan fingerprint density at radius 2 is 1.90 bits per heavy atom. The highest BCUT2D eigenvalue weighted by Crippen LogP contribution is 2.28. The van der Waals surface area contributed by atoms with Gasteiger partial charge in [-0.3, -0.25) is 9.36 Å². The van der Waals surface area contributed by atoms with Crippen LogP contribution >= 0.6 is 11.3 Å². The van der Waals surface area contributed by atoms with Crippen LogP contribution < -0.4 is 10.4 Å². The van der Waals surface area contributed by atoms with Gasteiger partial charge in [0.05, 0.1) is 23.4 Å². The Hall–Kier alpha value is -3.64. The minimum absolute atomic E-state index is 0.134. The highest BCUT2D eigenvalue weighted by Gasteiger charge is 2.13. The number of imidazole rings is 1. The first-order valence-electron chi connectivity index (χ1n) is 9.39. The molecule has 4 rings (SSSR count). The van der Waals surface area contributed by atoms with Gasteiger partial charge in [0.1, 0.15) is 5.75 Å². The van der Waals surface area contributed by atoms with E-state index in [1.165, 1.54) is 6.08 Å². The third-order valence-electron chi connectivity index (χ3n) is 4.70. The molecule has 4 aromatic rings. The van der Waals surface area contributed by atoms with Crippen LogP contribution in [0.15, 0.2) is 77.7 Å². The number of methoxy groups -OCH3 is 1. The SMILES string of the molecule is COc1ccc(C=CC(=O)c2cccc(-n3c(-c4ccc(C)s4)c[nH]c3=O)c2)cc1. The van der Waals surface area contributed by atoms with E-state index in [0.717, 1.165) is 26.8 Å². The van der Waals surface area contributed by atoms with Gasteiger partial charge in [0.25, 0.3) is 0 Å². The summed E-state index contributed by atoms with van der Waals surface area (Å²) >= 11 is 1.62. The molecule has 0 aliphatic carbocycles. The van der Waals surface area contributed by atoms with Crippen LogP contribution in [-0.4, -0.2) is 22.4 Å². The summed E-state index contributed by atoms with van der Waals surface area (Å²) in [6.07, 6.45) is 4.99. The third-order valence-corrected chi connectivity index (χ3v) is 5.72. The number of nitrogens with zero attached hydrogens (tertiary/aromatic N) is 1. The first-order chi connectivity index (χ1) is 14.5. The normalized spacial score (nSPS) is 11.1. The number of carbonyl (C=O) groups excluding carboxylic acids is 1. The molecule has 2 aromatic carbocycles. The number of benzene rings is 2. The Kier molecular flexibility index (Phi) is 5.50. The Balaban J connectivity index is 1.63. The van der Waals surface area contributed by atoms with Crippen LogP contribution in [0.25, 0.3) is 22.3 Å². The number of hydrogen-bond acceptors (Lipinski definition) is 4. The fraction of sp³-hybridized carbons (Fsp3) is 0.0833. The lowest BCUT2D eigenvalue weighted by Crippen LogP contribution is -2.16. The van der Waals surface area contributed by atoms with Crippen LogP contribution in [0.5, 0.6) is 5.75 Å². The Labute approximate surface area is 177 Å². The van der Waals surface area contributed by atoms with Crippen LogP contribution in [-0.2, 0) is 0 Å². The lowest BCUT2D eigenvalue weighted by Gasteiger charge is -2.07. The van der Waals surface area contributed by atoms with Crippen molar-refractivity contribution in [3.05, 3.63) is 99.4 Å². The Morgan fingerprint density at radius 3 is 2.60 bits per heavy atom.